The van der Waals surface area contributed by atoms with E-state index in [1.165, 1.54) is 23.9 Å². The van der Waals surface area contributed by atoms with Gasteiger partial charge in [-0.05, 0) is 49.0 Å². The molecule has 1 aromatic heterocycles. The Kier molecular flexibility index (Phi) is 6.26. The first kappa shape index (κ1) is 18.8. The van der Waals surface area contributed by atoms with E-state index in [1.807, 2.05) is 24.7 Å². The van der Waals surface area contributed by atoms with Crippen molar-refractivity contribution in [3.05, 3.63) is 36.4 Å². The van der Waals surface area contributed by atoms with Crippen LogP contribution in [0.3, 0.4) is 0 Å². The summed E-state index contributed by atoms with van der Waals surface area (Å²) in [7, 11) is 1.89. The SMILES string of the molecule is CC(C(=O)Nc1cc(F)ccc1Sc1nccn1C)C1CNC1.Cl. The average molecular weight is 371 g/mol. The highest BCUT2D eigenvalue weighted by Gasteiger charge is 2.29. The summed E-state index contributed by atoms with van der Waals surface area (Å²) in [4.78, 5) is 17.4. The molecule has 2 heterocycles. The van der Waals surface area contributed by atoms with Gasteiger partial charge in [-0.1, -0.05) is 6.92 Å². The lowest BCUT2D eigenvalue weighted by Gasteiger charge is -2.31. The van der Waals surface area contributed by atoms with E-state index in [9.17, 15) is 9.18 Å². The van der Waals surface area contributed by atoms with Crippen molar-refractivity contribution in [1.29, 1.82) is 0 Å². The molecule has 0 bridgehead atoms. The van der Waals surface area contributed by atoms with Gasteiger partial charge in [-0.25, -0.2) is 9.37 Å². The summed E-state index contributed by atoms with van der Waals surface area (Å²) in [5.74, 6) is -0.217. The number of nitrogens with zero attached hydrogens (tertiary/aromatic N) is 2. The van der Waals surface area contributed by atoms with Crippen LogP contribution in [0, 0.1) is 17.7 Å². The Labute approximate surface area is 150 Å². The molecule has 3 rings (SSSR count). The van der Waals surface area contributed by atoms with E-state index >= 15 is 0 Å². The zero-order chi connectivity index (χ0) is 16.4. The highest BCUT2D eigenvalue weighted by molar-refractivity contribution is 7.99. The van der Waals surface area contributed by atoms with Gasteiger partial charge in [-0.15, -0.1) is 12.4 Å². The summed E-state index contributed by atoms with van der Waals surface area (Å²) in [5, 5.41) is 6.81. The topological polar surface area (TPSA) is 59.0 Å². The molecule has 1 amide bonds. The summed E-state index contributed by atoms with van der Waals surface area (Å²) in [6, 6.07) is 4.41. The average Bonchev–Trinajstić information content (AvgIpc) is 2.85. The second-order valence-corrected chi connectivity index (χ2v) is 6.77. The van der Waals surface area contributed by atoms with E-state index in [-0.39, 0.29) is 30.0 Å². The van der Waals surface area contributed by atoms with Crippen LogP contribution in [-0.2, 0) is 11.8 Å². The summed E-state index contributed by atoms with van der Waals surface area (Å²) in [6.45, 7) is 3.62. The number of carbonyl (C=O) groups excluding carboxylic acids is 1. The number of aryl methyl sites for hydroxylation is 1. The summed E-state index contributed by atoms with van der Waals surface area (Å²) in [5.41, 5.74) is 0.488. The molecule has 24 heavy (non-hydrogen) atoms. The number of rotatable bonds is 5. The van der Waals surface area contributed by atoms with Gasteiger partial charge >= 0.3 is 0 Å². The maximum atomic E-state index is 13.6. The number of hydrogen-bond donors (Lipinski definition) is 2. The first-order chi connectivity index (χ1) is 11.0. The predicted octanol–water partition coefficient (Wildman–Crippen LogP) is 2.93. The number of carbonyl (C=O) groups is 1. The molecular weight excluding hydrogens is 351 g/mol. The monoisotopic (exact) mass is 370 g/mol. The number of anilines is 1. The minimum atomic E-state index is -0.373. The Morgan fingerprint density at radius 1 is 1.50 bits per heavy atom. The summed E-state index contributed by atoms with van der Waals surface area (Å²) >= 11 is 1.40. The number of imidazole rings is 1. The van der Waals surface area contributed by atoms with Gasteiger partial charge in [-0.2, -0.15) is 0 Å². The Balaban J connectivity index is 0.00000208. The molecule has 1 aliphatic heterocycles. The van der Waals surface area contributed by atoms with Crippen molar-refractivity contribution in [2.75, 3.05) is 18.4 Å². The van der Waals surface area contributed by atoms with E-state index < -0.39 is 0 Å². The summed E-state index contributed by atoms with van der Waals surface area (Å²) < 4.78 is 15.5. The lowest BCUT2D eigenvalue weighted by Crippen LogP contribution is -2.48. The van der Waals surface area contributed by atoms with Gasteiger partial charge < -0.3 is 15.2 Å². The number of amides is 1. The number of hydrogen-bond acceptors (Lipinski definition) is 4. The molecule has 1 atom stereocenters. The van der Waals surface area contributed by atoms with Gasteiger partial charge in [0.2, 0.25) is 5.91 Å². The fraction of sp³-hybridized carbons (Fsp3) is 0.375. The van der Waals surface area contributed by atoms with Gasteiger partial charge in [0.15, 0.2) is 5.16 Å². The van der Waals surface area contributed by atoms with Crippen LogP contribution in [0.2, 0.25) is 0 Å². The largest absolute Gasteiger partial charge is 0.329 e. The Morgan fingerprint density at radius 3 is 2.83 bits per heavy atom. The molecule has 2 N–H and O–H groups in total. The van der Waals surface area contributed by atoms with Crippen molar-refractivity contribution in [2.45, 2.75) is 17.0 Å². The van der Waals surface area contributed by atoms with Crippen LogP contribution >= 0.6 is 24.2 Å². The molecule has 1 fully saturated rings. The second kappa shape index (κ2) is 8.00. The van der Waals surface area contributed by atoms with Crippen LogP contribution in [0.5, 0.6) is 0 Å². The Bertz CT molecular complexity index is 720. The van der Waals surface area contributed by atoms with Crippen LogP contribution in [0.25, 0.3) is 0 Å². The molecule has 0 radical (unpaired) electrons. The lowest BCUT2D eigenvalue weighted by atomic mass is 9.88. The molecule has 0 aliphatic carbocycles. The molecule has 1 aromatic carbocycles. The number of aromatic nitrogens is 2. The number of nitrogens with one attached hydrogen (secondary N) is 2. The molecule has 8 heteroatoms. The third-order valence-corrected chi connectivity index (χ3v) is 5.26. The molecule has 1 saturated heterocycles. The number of halogens is 2. The van der Waals surface area contributed by atoms with E-state index in [0.717, 1.165) is 23.1 Å². The maximum Gasteiger partial charge on any atom is 0.227 e. The van der Waals surface area contributed by atoms with E-state index in [1.54, 1.807) is 12.3 Å². The van der Waals surface area contributed by atoms with Gasteiger partial charge in [0, 0.05) is 30.3 Å². The van der Waals surface area contributed by atoms with Gasteiger partial charge in [0.05, 0.1) is 5.69 Å². The molecule has 2 aromatic rings. The minimum Gasteiger partial charge on any atom is -0.329 e. The van der Waals surface area contributed by atoms with E-state index in [2.05, 4.69) is 15.6 Å². The molecule has 0 saturated carbocycles. The second-order valence-electron chi connectivity index (χ2n) is 5.76. The van der Waals surface area contributed by atoms with Crippen molar-refractivity contribution < 1.29 is 9.18 Å². The maximum absolute atomic E-state index is 13.6. The molecule has 0 spiro atoms. The molecule has 130 valence electrons. The third-order valence-electron chi connectivity index (χ3n) is 4.11. The van der Waals surface area contributed by atoms with Crippen LogP contribution in [0.15, 0.2) is 40.6 Å². The molecule has 5 nitrogen and oxygen atoms in total. The quantitative estimate of drug-likeness (QED) is 0.849. The van der Waals surface area contributed by atoms with Gasteiger partial charge in [0.1, 0.15) is 5.82 Å². The Hall–Kier alpha value is -1.57. The van der Waals surface area contributed by atoms with Gasteiger partial charge in [0.25, 0.3) is 0 Å². The Morgan fingerprint density at radius 2 is 2.25 bits per heavy atom. The van der Waals surface area contributed by atoms with E-state index in [4.69, 9.17) is 0 Å². The first-order valence-electron chi connectivity index (χ1n) is 7.51. The van der Waals surface area contributed by atoms with Crippen molar-refractivity contribution in [2.24, 2.45) is 18.9 Å². The molecular formula is C16H20ClFN4OS. The normalized spacial score (nSPS) is 15.3. The van der Waals surface area contributed by atoms with Crippen LogP contribution < -0.4 is 10.6 Å². The number of benzene rings is 1. The zero-order valence-electron chi connectivity index (χ0n) is 13.5. The van der Waals surface area contributed by atoms with Crippen molar-refractivity contribution >= 4 is 35.8 Å². The van der Waals surface area contributed by atoms with Gasteiger partial charge in [-0.3, -0.25) is 4.79 Å². The molecule has 1 unspecified atom stereocenters. The standard InChI is InChI=1S/C16H19FN4OS.ClH/c1-10(11-8-18-9-11)15(22)20-13-7-12(17)3-4-14(13)23-16-19-5-6-21(16)2;/h3-7,10-11,18H,8-9H2,1-2H3,(H,20,22);1H. The highest BCUT2D eigenvalue weighted by Crippen LogP contribution is 2.33. The minimum absolute atomic E-state index is 0. The fourth-order valence-electron chi connectivity index (χ4n) is 2.36. The van der Waals surface area contributed by atoms with Crippen molar-refractivity contribution in [3.8, 4) is 0 Å². The van der Waals surface area contributed by atoms with Crippen LogP contribution in [-0.4, -0.2) is 28.5 Å². The lowest BCUT2D eigenvalue weighted by molar-refractivity contribution is -0.121. The zero-order valence-corrected chi connectivity index (χ0v) is 15.1. The summed E-state index contributed by atoms with van der Waals surface area (Å²) in [6.07, 6.45) is 3.55. The smallest absolute Gasteiger partial charge is 0.227 e. The van der Waals surface area contributed by atoms with Crippen LogP contribution in [0.4, 0.5) is 10.1 Å². The van der Waals surface area contributed by atoms with E-state index in [0.29, 0.717) is 11.6 Å². The highest BCUT2D eigenvalue weighted by atomic mass is 35.5. The van der Waals surface area contributed by atoms with Crippen molar-refractivity contribution in [3.63, 3.8) is 0 Å². The predicted molar refractivity (Wildman–Crippen MR) is 95.1 cm³/mol. The van der Waals surface area contributed by atoms with Crippen molar-refractivity contribution in [1.82, 2.24) is 14.9 Å². The van der Waals surface area contributed by atoms with Crippen LogP contribution in [0.1, 0.15) is 6.92 Å². The third kappa shape index (κ3) is 4.09. The molecule has 1 aliphatic rings. The first-order valence-corrected chi connectivity index (χ1v) is 8.32. The fourth-order valence-corrected chi connectivity index (χ4v) is 3.23.